The standard InChI is InChI=1S/C11H20O4/c1-10(11(12)13)6-3-4-8-15-9-5-7-14-2/h6H,3-5,7-9H2,1-2H3,(H,12,13). The van der Waals surface area contributed by atoms with Crippen LogP contribution in [0.2, 0.25) is 0 Å². The Kier molecular flexibility index (Phi) is 9.11. The molecule has 0 unspecified atom stereocenters. The quantitative estimate of drug-likeness (QED) is 0.472. The van der Waals surface area contributed by atoms with Crippen molar-refractivity contribution in [2.24, 2.45) is 0 Å². The lowest BCUT2D eigenvalue weighted by atomic mass is 10.2. The molecule has 0 aromatic heterocycles. The van der Waals surface area contributed by atoms with E-state index < -0.39 is 5.97 Å². The Hall–Kier alpha value is -0.870. The first kappa shape index (κ1) is 14.1. The highest BCUT2D eigenvalue weighted by molar-refractivity contribution is 5.85. The van der Waals surface area contributed by atoms with Crippen molar-refractivity contribution in [2.45, 2.75) is 26.2 Å². The minimum atomic E-state index is -0.851. The zero-order valence-electron chi connectivity index (χ0n) is 9.49. The van der Waals surface area contributed by atoms with Crippen LogP contribution in [0.15, 0.2) is 11.6 Å². The lowest BCUT2D eigenvalue weighted by Gasteiger charge is -2.02. The van der Waals surface area contributed by atoms with Gasteiger partial charge in [-0.25, -0.2) is 4.79 Å². The number of carboxylic acid groups (broad SMARTS) is 1. The van der Waals surface area contributed by atoms with E-state index in [1.165, 1.54) is 0 Å². The second-order valence-electron chi connectivity index (χ2n) is 3.29. The van der Waals surface area contributed by atoms with Crippen LogP contribution < -0.4 is 0 Å². The summed E-state index contributed by atoms with van der Waals surface area (Å²) in [6.07, 6.45) is 4.24. The lowest BCUT2D eigenvalue weighted by molar-refractivity contribution is -0.132. The molecule has 0 aliphatic carbocycles. The maximum atomic E-state index is 10.4. The molecular formula is C11H20O4. The van der Waals surface area contributed by atoms with Gasteiger partial charge in [0.05, 0.1) is 0 Å². The van der Waals surface area contributed by atoms with Crippen LogP contribution in [0.25, 0.3) is 0 Å². The minimum absolute atomic E-state index is 0.398. The molecule has 0 atom stereocenters. The molecule has 0 fully saturated rings. The molecule has 4 nitrogen and oxygen atoms in total. The van der Waals surface area contributed by atoms with Crippen molar-refractivity contribution in [2.75, 3.05) is 26.9 Å². The summed E-state index contributed by atoms with van der Waals surface area (Å²) in [4.78, 5) is 10.4. The molecule has 0 aliphatic rings. The van der Waals surface area contributed by atoms with Gasteiger partial charge in [-0.15, -0.1) is 0 Å². The van der Waals surface area contributed by atoms with Crippen molar-refractivity contribution in [1.29, 1.82) is 0 Å². The van der Waals surface area contributed by atoms with Crippen molar-refractivity contribution in [3.63, 3.8) is 0 Å². The number of ether oxygens (including phenoxy) is 2. The molecule has 0 bridgehead atoms. The summed E-state index contributed by atoms with van der Waals surface area (Å²) in [5, 5.41) is 8.57. The second-order valence-corrected chi connectivity index (χ2v) is 3.29. The molecule has 15 heavy (non-hydrogen) atoms. The normalized spacial score (nSPS) is 11.7. The van der Waals surface area contributed by atoms with E-state index in [4.69, 9.17) is 14.6 Å². The van der Waals surface area contributed by atoms with Crippen LogP contribution in [0, 0.1) is 0 Å². The van der Waals surface area contributed by atoms with Gasteiger partial charge in [0.25, 0.3) is 0 Å². The molecule has 4 heteroatoms. The third kappa shape index (κ3) is 9.43. The van der Waals surface area contributed by atoms with Gasteiger partial charge >= 0.3 is 5.97 Å². The van der Waals surface area contributed by atoms with E-state index in [9.17, 15) is 4.79 Å². The Bertz CT molecular complexity index is 199. The number of aliphatic carboxylic acids is 1. The van der Waals surface area contributed by atoms with Gasteiger partial charge in [0.2, 0.25) is 0 Å². The Labute approximate surface area is 90.9 Å². The van der Waals surface area contributed by atoms with Crippen LogP contribution >= 0.6 is 0 Å². The first-order valence-corrected chi connectivity index (χ1v) is 5.15. The van der Waals surface area contributed by atoms with Gasteiger partial charge in [-0.05, 0) is 26.2 Å². The van der Waals surface area contributed by atoms with Gasteiger partial charge in [0.1, 0.15) is 0 Å². The molecule has 0 rings (SSSR count). The average molecular weight is 216 g/mol. The Morgan fingerprint density at radius 2 is 1.93 bits per heavy atom. The largest absolute Gasteiger partial charge is 0.478 e. The van der Waals surface area contributed by atoms with Crippen molar-refractivity contribution < 1.29 is 19.4 Å². The zero-order chi connectivity index (χ0) is 11.5. The molecule has 0 radical (unpaired) electrons. The van der Waals surface area contributed by atoms with E-state index >= 15 is 0 Å². The minimum Gasteiger partial charge on any atom is -0.478 e. The zero-order valence-corrected chi connectivity index (χ0v) is 9.49. The number of hydrogen-bond donors (Lipinski definition) is 1. The van der Waals surface area contributed by atoms with Gasteiger partial charge in [0, 0.05) is 32.5 Å². The number of unbranched alkanes of at least 4 members (excludes halogenated alkanes) is 1. The van der Waals surface area contributed by atoms with Crippen LogP contribution in [0.1, 0.15) is 26.2 Å². The summed E-state index contributed by atoms with van der Waals surface area (Å²) in [5.74, 6) is -0.851. The fraction of sp³-hybridized carbons (Fsp3) is 0.727. The van der Waals surface area contributed by atoms with Crippen LogP contribution in [0.5, 0.6) is 0 Å². The summed E-state index contributed by atoms with van der Waals surface area (Å²) >= 11 is 0. The molecule has 1 N–H and O–H groups in total. The van der Waals surface area contributed by atoms with E-state index in [0.717, 1.165) is 25.9 Å². The highest BCUT2D eigenvalue weighted by atomic mass is 16.5. The molecule has 0 aliphatic heterocycles. The lowest BCUT2D eigenvalue weighted by Crippen LogP contribution is -2.00. The van der Waals surface area contributed by atoms with Crippen LogP contribution in [0.4, 0.5) is 0 Å². The molecular weight excluding hydrogens is 196 g/mol. The Morgan fingerprint density at radius 3 is 2.53 bits per heavy atom. The summed E-state index contributed by atoms with van der Waals surface area (Å²) in [6.45, 7) is 3.70. The van der Waals surface area contributed by atoms with E-state index in [-0.39, 0.29) is 0 Å². The third-order valence-electron chi connectivity index (χ3n) is 1.92. The monoisotopic (exact) mass is 216 g/mol. The fourth-order valence-electron chi connectivity index (χ4n) is 0.999. The maximum Gasteiger partial charge on any atom is 0.330 e. The van der Waals surface area contributed by atoms with E-state index in [1.807, 2.05) is 0 Å². The van der Waals surface area contributed by atoms with Gasteiger partial charge in [-0.1, -0.05) is 6.08 Å². The van der Waals surface area contributed by atoms with Crippen LogP contribution in [-0.2, 0) is 14.3 Å². The number of rotatable bonds is 9. The second kappa shape index (κ2) is 9.68. The molecule has 0 amide bonds. The molecule has 0 saturated heterocycles. The summed E-state index contributed by atoms with van der Waals surface area (Å²) in [7, 11) is 1.67. The highest BCUT2D eigenvalue weighted by Gasteiger charge is 1.97. The molecule has 0 aromatic carbocycles. The fourth-order valence-corrected chi connectivity index (χ4v) is 0.999. The van der Waals surface area contributed by atoms with Gasteiger partial charge in [-0.3, -0.25) is 0 Å². The summed E-state index contributed by atoms with van der Waals surface area (Å²) in [5.41, 5.74) is 0.398. The predicted octanol–water partition coefficient (Wildman–Crippen LogP) is 1.85. The first-order chi connectivity index (χ1) is 7.18. The molecule has 0 saturated carbocycles. The summed E-state index contributed by atoms with van der Waals surface area (Å²) < 4.78 is 10.2. The SMILES string of the molecule is COCCCOCCCC=C(C)C(=O)O. The van der Waals surface area contributed by atoms with E-state index in [2.05, 4.69) is 0 Å². The number of carbonyl (C=O) groups is 1. The molecule has 0 aromatic rings. The maximum absolute atomic E-state index is 10.4. The number of carboxylic acids is 1. The number of hydrogen-bond acceptors (Lipinski definition) is 3. The Balaban J connectivity index is 3.25. The van der Waals surface area contributed by atoms with Crippen molar-refractivity contribution in [3.8, 4) is 0 Å². The Morgan fingerprint density at radius 1 is 1.27 bits per heavy atom. The molecule has 88 valence electrons. The van der Waals surface area contributed by atoms with Gasteiger partial charge in [-0.2, -0.15) is 0 Å². The highest BCUT2D eigenvalue weighted by Crippen LogP contribution is 1.99. The van der Waals surface area contributed by atoms with Crippen LogP contribution in [-0.4, -0.2) is 38.0 Å². The first-order valence-electron chi connectivity index (χ1n) is 5.15. The van der Waals surface area contributed by atoms with Crippen molar-refractivity contribution in [1.82, 2.24) is 0 Å². The molecule has 0 heterocycles. The van der Waals surface area contributed by atoms with Crippen molar-refractivity contribution >= 4 is 5.97 Å². The topological polar surface area (TPSA) is 55.8 Å². The third-order valence-corrected chi connectivity index (χ3v) is 1.92. The molecule has 0 spiro atoms. The van der Waals surface area contributed by atoms with Gasteiger partial charge in [0.15, 0.2) is 0 Å². The summed E-state index contributed by atoms with van der Waals surface area (Å²) in [6, 6.07) is 0. The van der Waals surface area contributed by atoms with Crippen LogP contribution in [0.3, 0.4) is 0 Å². The van der Waals surface area contributed by atoms with Gasteiger partial charge < -0.3 is 14.6 Å². The smallest absolute Gasteiger partial charge is 0.330 e. The predicted molar refractivity (Wildman–Crippen MR) is 57.9 cm³/mol. The van der Waals surface area contributed by atoms with Crippen molar-refractivity contribution in [3.05, 3.63) is 11.6 Å². The number of allylic oxidation sites excluding steroid dienone is 1. The number of methoxy groups -OCH3 is 1. The van der Waals surface area contributed by atoms with E-state index in [1.54, 1.807) is 20.1 Å². The average Bonchev–Trinajstić information content (AvgIpc) is 2.21. The van der Waals surface area contributed by atoms with E-state index in [0.29, 0.717) is 18.8 Å².